The zero-order valence-electron chi connectivity index (χ0n) is 7.70. The SMILES string of the molecule is C[Si](C)(C)OC=Cc1ccco1. The van der Waals surface area contributed by atoms with Crippen molar-refractivity contribution in [3.05, 3.63) is 30.4 Å². The molecule has 66 valence electrons. The molecule has 0 fully saturated rings. The largest absolute Gasteiger partial charge is 0.550 e. The van der Waals surface area contributed by atoms with E-state index in [1.165, 1.54) is 0 Å². The molecule has 1 rings (SSSR count). The van der Waals surface area contributed by atoms with Gasteiger partial charge in [-0.25, -0.2) is 0 Å². The summed E-state index contributed by atoms with van der Waals surface area (Å²) < 4.78 is 10.6. The Morgan fingerprint density at radius 1 is 1.42 bits per heavy atom. The summed E-state index contributed by atoms with van der Waals surface area (Å²) in [6, 6.07) is 3.75. The Bertz CT molecular complexity index is 244. The molecule has 0 aliphatic rings. The standard InChI is InChI=1S/C9H14O2Si/c1-12(2,3)11-8-6-9-5-4-7-10-9/h4-8H,1-3H3. The topological polar surface area (TPSA) is 22.4 Å². The van der Waals surface area contributed by atoms with E-state index < -0.39 is 8.32 Å². The van der Waals surface area contributed by atoms with Crippen LogP contribution in [0.4, 0.5) is 0 Å². The quantitative estimate of drug-likeness (QED) is 0.529. The number of hydrogen-bond acceptors (Lipinski definition) is 2. The van der Waals surface area contributed by atoms with Crippen molar-refractivity contribution in [2.24, 2.45) is 0 Å². The van der Waals surface area contributed by atoms with Crippen LogP contribution in [0.15, 0.2) is 29.1 Å². The van der Waals surface area contributed by atoms with Gasteiger partial charge >= 0.3 is 0 Å². The van der Waals surface area contributed by atoms with Gasteiger partial charge in [-0.1, -0.05) is 0 Å². The van der Waals surface area contributed by atoms with Crippen LogP contribution >= 0.6 is 0 Å². The second-order valence-corrected chi connectivity index (χ2v) is 8.01. The minimum atomic E-state index is -1.42. The van der Waals surface area contributed by atoms with Gasteiger partial charge in [0.2, 0.25) is 8.32 Å². The van der Waals surface area contributed by atoms with Crippen LogP contribution in [0.3, 0.4) is 0 Å². The van der Waals surface area contributed by atoms with Crippen molar-refractivity contribution in [2.45, 2.75) is 19.6 Å². The second kappa shape index (κ2) is 3.63. The van der Waals surface area contributed by atoms with Gasteiger partial charge in [0.15, 0.2) is 0 Å². The van der Waals surface area contributed by atoms with Gasteiger partial charge in [-0.05, 0) is 31.8 Å². The molecule has 3 heteroatoms. The Kier molecular flexibility index (Phi) is 2.76. The maximum atomic E-state index is 5.50. The zero-order chi connectivity index (χ0) is 9.03. The summed E-state index contributed by atoms with van der Waals surface area (Å²) in [4.78, 5) is 0. The average Bonchev–Trinajstić information content (AvgIpc) is 2.36. The lowest BCUT2D eigenvalue weighted by atomic mass is 10.4. The molecule has 0 saturated heterocycles. The summed E-state index contributed by atoms with van der Waals surface area (Å²) in [5.74, 6) is 0.827. The van der Waals surface area contributed by atoms with Crippen LogP contribution in [0.25, 0.3) is 6.08 Å². The van der Waals surface area contributed by atoms with Crippen molar-refractivity contribution in [1.29, 1.82) is 0 Å². The van der Waals surface area contributed by atoms with Crippen LogP contribution in [0.1, 0.15) is 5.76 Å². The van der Waals surface area contributed by atoms with E-state index in [0.717, 1.165) is 5.76 Å². The van der Waals surface area contributed by atoms with E-state index in [-0.39, 0.29) is 0 Å². The molecule has 0 aliphatic carbocycles. The summed E-state index contributed by atoms with van der Waals surface area (Å²) in [5, 5.41) is 0. The van der Waals surface area contributed by atoms with Crippen LogP contribution in [-0.2, 0) is 4.43 Å². The van der Waals surface area contributed by atoms with Gasteiger partial charge in [0, 0.05) is 6.08 Å². The molecule has 1 aromatic rings. The van der Waals surface area contributed by atoms with Crippen molar-refractivity contribution < 1.29 is 8.84 Å². The van der Waals surface area contributed by atoms with E-state index in [1.54, 1.807) is 12.5 Å². The molecule has 0 N–H and O–H groups in total. The molecule has 0 spiro atoms. The summed E-state index contributed by atoms with van der Waals surface area (Å²) >= 11 is 0. The minimum Gasteiger partial charge on any atom is -0.550 e. The van der Waals surface area contributed by atoms with Crippen molar-refractivity contribution >= 4 is 14.4 Å². The average molecular weight is 182 g/mol. The maximum absolute atomic E-state index is 5.50. The van der Waals surface area contributed by atoms with Crippen LogP contribution in [0.2, 0.25) is 19.6 Å². The lowest BCUT2D eigenvalue weighted by Crippen LogP contribution is -2.21. The molecule has 2 nitrogen and oxygen atoms in total. The van der Waals surface area contributed by atoms with Crippen LogP contribution in [-0.4, -0.2) is 8.32 Å². The number of rotatable bonds is 3. The summed E-state index contributed by atoms with van der Waals surface area (Å²) in [5.41, 5.74) is 0. The number of hydrogen-bond donors (Lipinski definition) is 0. The Balaban J connectivity index is 2.42. The molecule has 12 heavy (non-hydrogen) atoms. The highest BCUT2D eigenvalue weighted by molar-refractivity contribution is 6.69. The predicted molar refractivity (Wildman–Crippen MR) is 52.2 cm³/mol. The lowest BCUT2D eigenvalue weighted by molar-refractivity contribution is 0.480. The van der Waals surface area contributed by atoms with Gasteiger partial charge in [-0.15, -0.1) is 0 Å². The molecular weight excluding hydrogens is 168 g/mol. The Morgan fingerprint density at radius 3 is 2.67 bits per heavy atom. The van der Waals surface area contributed by atoms with Gasteiger partial charge in [0.25, 0.3) is 0 Å². The van der Waals surface area contributed by atoms with Crippen LogP contribution in [0, 0.1) is 0 Å². The van der Waals surface area contributed by atoms with E-state index in [0.29, 0.717) is 0 Å². The normalized spacial score (nSPS) is 12.2. The molecule has 0 bridgehead atoms. The number of furan rings is 1. The third kappa shape index (κ3) is 3.43. The van der Waals surface area contributed by atoms with Gasteiger partial charge in [-0.3, -0.25) is 0 Å². The molecular formula is C9H14O2Si. The van der Waals surface area contributed by atoms with Gasteiger partial charge in [0.05, 0.1) is 12.5 Å². The highest BCUT2D eigenvalue weighted by Crippen LogP contribution is 2.06. The smallest absolute Gasteiger partial charge is 0.241 e. The summed E-state index contributed by atoms with van der Waals surface area (Å²) in [6.45, 7) is 6.42. The highest BCUT2D eigenvalue weighted by Gasteiger charge is 2.12. The predicted octanol–water partition coefficient (Wildman–Crippen LogP) is 3.10. The zero-order valence-corrected chi connectivity index (χ0v) is 8.70. The monoisotopic (exact) mass is 182 g/mol. The first-order valence-corrected chi connectivity index (χ1v) is 7.37. The Labute approximate surface area is 74.0 Å². The maximum Gasteiger partial charge on any atom is 0.241 e. The molecule has 0 atom stereocenters. The lowest BCUT2D eigenvalue weighted by Gasteiger charge is -2.14. The summed E-state index contributed by atoms with van der Waals surface area (Å²) in [6.07, 6.45) is 5.19. The van der Waals surface area contributed by atoms with Crippen LogP contribution < -0.4 is 0 Å². The molecule has 1 aromatic heterocycles. The van der Waals surface area contributed by atoms with Crippen molar-refractivity contribution in [1.82, 2.24) is 0 Å². The van der Waals surface area contributed by atoms with E-state index in [2.05, 4.69) is 19.6 Å². The summed E-state index contributed by atoms with van der Waals surface area (Å²) in [7, 11) is -1.42. The third-order valence-electron chi connectivity index (χ3n) is 1.20. The van der Waals surface area contributed by atoms with Crippen molar-refractivity contribution in [3.63, 3.8) is 0 Å². The molecule has 0 unspecified atom stereocenters. The molecule has 0 aliphatic heterocycles. The first-order valence-electron chi connectivity index (χ1n) is 3.96. The van der Waals surface area contributed by atoms with Crippen molar-refractivity contribution in [2.75, 3.05) is 0 Å². The first-order chi connectivity index (χ1) is 5.58. The van der Waals surface area contributed by atoms with Gasteiger partial charge < -0.3 is 8.84 Å². The van der Waals surface area contributed by atoms with Crippen molar-refractivity contribution in [3.8, 4) is 0 Å². The Morgan fingerprint density at radius 2 is 2.17 bits per heavy atom. The first kappa shape index (κ1) is 9.13. The second-order valence-electron chi connectivity index (χ2n) is 3.55. The molecule has 1 heterocycles. The molecule has 0 aromatic carbocycles. The van der Waals surface area contributed by atoms with Crippen LogP contribution in [0.5, 0.6) is 0 Å². The van der Waals surface area contributed by atoms with Gasteiger partial charge in [0.1, 0.15) is 5.76 Å². The van der Waals surface area contributed by atoms with E-state index in [1.807, 2.05) is 18.2 Å². The van der Waals surface area contributed by atoms with Gasteiger partial charge in [-0.2, -0.15) is 0 Å². The van der Waals surface area contributed by atoms with E-state index in [9.17, 15) is 0 Å². The highest BCUT2D eigenvalue weighted by atomic mass is 28.4. The third-order valence-corrected chi connectivity index (χ3v) is 2.04. The fraction of sp³-hybridized carbons (Fsp3) is 0.333. The fourth-order valence-electron chi connectivity index (χ4n) is 0.691. The Hall–Kier alpha value is -0.963. The van der Waals surface area contributed by atoms with E-state index in [4.69, 9.17) is 8.84 Å². The van der Waals surface area contributed by atoms with E-state index >= 15 is 0 Å². The molecule has 0 radical (unpaired) electrons. The molecule has 0 amide bonds. The minimum absolute atomic E-state index is 0.827. The molecule has 0 saturated carbocycles. The fourth-order valence-corrected chi connectivity index (χ4v) is 1.17.